The molecule has 3 N–H and O–H groups in total. The van der Waals surface area contributed by atoms with Gasteiger partial charge in [0.15, 0.2) is 0 Å². The number of hydrogen-bond donors (Lipinski definition) is 3. The van der Waals surface area contributed by atoms with Crippen molar-refractivity contribution in [1.82, 2.24) is 10.3 Å². The zero-order valence-corrected chi connectivity index (χ0v) is 21.3. The van der Waals surface area contributed by atoms with Crippen LogP contribution in [0.3, 0.4) is 0 Å². The number of hydrogen-bond acceptors (Lipinski definition) is 7. The Kier molecular flexibility index (Phi) is 7.45. The Bertz CT molecular complexity index is 1250. The third kappa shape index (κ3) is 5.89. The number of alkyl halides is 3. The Morgan fingerprint density at radius 2 is 1.97 bits per heavy atom. The van der Waals surface area contributed by atoms with Gasteiger partial charge in [-0.2, -0.15) is 21.6 Å². The molecular weight excluding hydrogens is 517 g/mol. The van der Waals surface area contributed by atoms with Gasteiger partial charge < -0.3 is 15.5 Å². The number of fused-ring (bicyclic) bond motifs is 1. The summed E-state index contributed by atoms with van der Waals surface area (Å²) < 4.78 is 70.9. The molecule has 1 aromatic carbocycles. The Morgan fingerprint density at radius 3 is 2.61 bits per heavy atom. The van der Waals surface area contributed by atoms with Crippen molar-refractivity contribution in [3.8, 4) is 0 Å². The number of halogens is 3. The number of amides is 1. The van der Waals surface area contributed by atoms with Crippen LogP contribution in [0.15, 0.2) is 35.2 Å². The first kappa shape index (κ1) is 26.6. The van der Waals surface area contributed by atoms with E-state index in [2.05, 4.69) is 22.5 Å². The summed E-state index contributed by atoms with van der Waals surface area (Å²) in [5, 5.41) is 5.50. The lowest BCUT2D eigenvalue weighted by atomic mass is 9.98. The molecule has 2 atom stereocenters. The maximum absolute atomic E-state index is 13.3. The first-order chi connectivity index (χ1) is 16.8. The van der Waals surface area contributed by atoms with Crippen LogP contribution >= 0.6 is 11.8 Å². The van der Waals surface area contributed by atoms with Crippen molar-refractivity contribution in [2.75, 3.05) is 23.3 Å². The lowest BCUT2D eigenvalue weighted by molar-refractivity contribution is -0.141. The smallest absolute Gasteiger partial charge is 0.358 e. The lowest BCUT2D eigenvalue weighted by Crippen LogP contribution is -2.35. The predicted octanol–water partition coefficient (Wildman–Crippen LogP) is 4.45. The number of piperidine rings is 1. The number of pyridine rings is 1. The fourth-order valence-corrected chi connectivity index (χ4v) is 6.13. The summed E-state index contributed by atoms with van der Waals surface area (Å²) in [6, 6.07) is 7.30. The number of nitrogens with zero attached hydrogens (tertiary/aromatic N) is 2. The van der Waals surface area contributed by atoms with Gasteiger partial charge in [0, 0.05) is 35.8 Å². The van der Waals surface area contributed by atoms with Crippen molar-refractivity contribution < 1.29 is 30.9 Å². The number of carbonyl (C=O) groups is 1. The molecule has 0 aliphatic carbocycles. The van der Waals surface area contributed by atoms with Gasteiger partial charge in [-0.25, -0.2) is 4.98 Å². The van der Waals surface area contributed by atoms with Crippen LogP contribution in [0.4, 0.5) is 24.7 Å². The van der Waals surface area contributed by atoms with Gasteiger partial charge in [-0.15, -0.1) is 0 Å². The van der Waals surface area contributed by atoms with E-state index in [1.54, 1.807) is 25.1 Å². The maximum atomic E-state index is 13.3. The van der Waals surface area contributed by atoms with E-state index in [1.165, 1.54) is 6.07 Å². The van der Waals surface area contributed by atoms with E-state index in [-0.39, 0.29) is 18.3 Å². The highest BCUT2D eigenvalue weighted by molar-refractivity contribution is 8.12. The van der Waals surface area contributed by atoms with Crippen LogP contribution in [0.25, 0.3) is 0 Å². The van der Waals surface area contributed by atoms with Crippen LogP contribution in [0.2, 0.25) is 0 Å². The quantitative estimate of drug-likeness (QED) is 0.458. The van der Waals surface area contributed by atoms with E-state index < -0.39 is 32.6 Å². The standard InChI is InChI=1S/C23H27F3N4O4S2/c1-13-7-9-30(10-8-13)20-16(4-6-19(29-20)23(24,25)26)12-27-21(31)14(2)15-3-5-17-18(11-15)35-22(28-17)36(32,33)34/h3-6,11,13-14,22,28H,7-10,12H2,1-2H3,(H,27,31)(H,32,33,34). The normalized spacial score (nSPS) is 19.5. The molecule has 3 heterocycles. The molecule has 1 amide bonds. The van der Waals surface area contributed by atoms with Gasteiger partial charge in [0.25, 0.3) is 10.1 Å². The third-order valence-corrected chi connectivity index (χ3v) is 9.06. The van der Waals surface area contributed by atoms with Crippen LogP contribution in [-0.4, -0.2) is 41.7 Å². The predicted molar refractivity (Wildman–Crippen MR) is 131 cm³/mol. The molecule has 13 heteroatoms. The molecule has 1 aromatic heterocycles. The SMILES string of the molecule is CC1CCN(c2nc(C(F)(F)F)ccc2CNC(=O)C(C)c2ccc3c(c2)SC(S(=O)(=O)O)N3)CC1. The molecule has 2 unspecified atom stereocenters. The maximum Gasteiger partial charge on any atom is 0.433 e. The highest BCUT2D eigenvalue weighted by Gasteiger charge is 2.34. The average Bonchev–Trinajstić information content (AvgIpc) is 3.26. The molecule has 0 radical (unpaired) electrons. The van der Waals surface area contributed by atoms with E-state index in [1.807, 2.05) is 4.90 Å². The van der Waals surface area contributed by atoms with E-state index in [4.69, 9.17) is 0 Å². The summed E-state index contributed by atoms with van der Waals surface area (Å²) in [7, 11) is -4.30. The van der Waals surface area contributed by atoms with Gasteiger partial charge in [-0.05, 0) is 49.4 Å². The minimum absolute atomic E-state index is 0.0156. The number of thioether (sulfide) groups is 1. The highest BCUT2D eigenvalue weighted by atomic mass is 32.3. The molecule has 36 heavy (non-hydrogen) atoms. The molecule has 4 rings (SSSR count). The molecule has 0 saturated carbocycles. The second kappa shape index (κ2) is 10.1. The number of aromatic nitrogens is 1. The van der Waals surface area contributed by atoms with Crippen LogP contribution < -0.4 is 15.5 Å². The largest absolute Gasteiger partial charge is 0.433 e. The molecule has 2 aliphatic heterocycles. The molecule has 196 valence electrons. The third-order valence-electron chi connectivity index (χ3n) is 6.46. The van der Waals surface area contributed by atoms with Crippen molar-refractivity contribution >= 4 is 39.3 Å². The number of rotatable bonds is 6. The molecule has 2 aliphatic rings. The minimum Gasteiger partial charge on any atom is -0.358 e. The molecule has 8 nitrogen and oxygen atoms in total. The zero-order chi connectivity index (χ0) is 26.3. The van der Waals surface area contributed by atoms with Crippen molar-refractivity contribution in [1.29, 1.82) is 0 Å². The monoisotopic (exact) mass is 544 g/mol. The Hall–Kier alpha value is -2.51. The first-order valence-electron chi connectivity index (χ1n) is 11.5. The lowest BCUT2D eigenvalue weighted by Gasteiger charge is -2.33. The number of carbonyl (C=O) groups excluding carboxylic acids is 1. The van der Waals surface area contributed by atoms with Crippen LogP contribution in [0, 0.1) is 5.92 Å². The summed E-state index contributed by atoms with van der Waals surface area (Å²) in [6.07, 6.45) is -2.86. The van der Waals surface area contributed by atoms with E-state index in [9.17, 15) is 30.9 Å². The van der Waals surface area contributed by atoms with Crippen molar-refractivity contribution in [3.05, 3.63) is 47.2 Å². The van der Waals surface area contributed by atoms with Crippen LogP contribution in [0.5, 0.6) is 0 Å². The molecular formula is C23H27F3N4O4S2. The van der Waals surface area contributed by atoms with E-state index in [0.29, 0.717) is 40.7 Å². The average molecular weight is 545 g/mol. The van der Waals surface area contributed by atoms with Gasteiger partial charge >= 0.3 is 6.18 Å². The van der Waals surface area contributed by atoms with Gasteiger partial charge in [-0.1, -0.05) is 30.8 Å². The first-order valence-corrected chi connectivity index (χ1v) is 13.8. The zero-order valence-electron chi connectivity index (χ0n) is 19.7. The summed E-state index contributed by atoms with van der Waals surface area (Å²) in [6.45, 7) is 5.00. The molecule has 2 aromatic rings. The van der Waals surface area contributed by atoms with E-state index >= 15 is 0 Å². The molecule has 0 bridgehead atoms. The van der Waals surface area contributed by atoms with Gasteiger partial charge in [0.2, 0.25) is 10.6 Å². The number of nitrogens with one attached hydrogen (secondary N) is 2. The van der Waals surface area contributed by atoms with E-state index in [0.717, 1.165) is 30.7 Å². The van der Waals surface area contributed by atoms with Crippen molar-refractivity contribution in [2.24, 2.45) is 5.92 Å². The Balaban J connectivity index is 1.48. The Morgan fingerprint density at radius 1 is 1.28 bits per heavy atom. The Labute approximate surface area is 211 Å². The molecule has 1 saturated heterocycles. The minimum atomic E-state index is -4.57. The van der Waals surface area contributed by atoms with Crippen molar-refractivity contribution in [3.63, 3.8) is 0 Å². The summed E-state index contributed by atoms with van der Waals surface area (Å²) >= 11 is 0.931. The second-order valence-electron chi connectivity index (χ2n) is 9.15. The highest BCUT2D eigenvalue weighted by Crippen LogP contribution is 2.41. The summed E-state index contributed by atoms with van der Waals surface area (Å²) in [5.74, 6) is -0.219. The summed E-state index contributed by atoms with van der Waals surface area (Å²) in [4.78, 5) is 19.3. The fourth-order valence-electron chi connectivity index (χ4n) is 4.19. The summed E-state index contributed by atoms with van der Waals surface area (Å²) in [5.41, 5.74) is 0.706. The van der Waals surface area contributed by atoms with Crippen LogP contribution in [-0.2, 0) is 27.6 Å². The van der Waals surface area contributed by atoms with Gasteiger partial charge in [0.05, 0.1) is 5.92 Å². The van der Waals surface area contributed by atoms with Gasteiger partial charge in [0.1, 0.15) is 11.5 Å². The topological polar surface area (TPSA) is 112 Å². The van der Waals surface area contributed by atoms with Crippen LogP contribution in [0.1, 0.15) is 49.4 Å². The second-order valence-corrected chi connectivity index (χ2v) is 12.1. The molecule has 1 fully saturated rings. The van der Waals surface area contributed by atoms with Gasteiger partial charge in [-0.3, -0.25) is 9.35 Å². The molecule has 0 spiro atoms. The fraction of sp³-hybridized carbons (Fsp3) is 0.478. The number of anilines is 2. The number of benzene rings is 1. The van der Waals surface area contributed by atoms with Crippen molar-refractivity contribution in [2.45, 2.75) is 54.9 Å².